The second kappa shape index (κ2) is 4.73. The molecule has 3 heteroatoms. The van der Waals surface area contributed by atoms with E-state index in [1.165, 1.54) is 36.0 Å². The van der Waals surface area contributed by atoms with Gasteiger partial charge in [0.25, 0.3) is 0 Å². The van der Waals surface area contributed by atoms with E-state index in [0.29, 0.717) is 6.54 Å². The summed E-state index contributed by atoms with van der Waals surface area (Å²) in [4.78, 5) is 13.2. The Morgan fingerprint density at radius 2 is 2.17 bits per heavy atom. The van der Waals surface area contributed by atoms with E-state index >= 15 is 0 Å². The maximum Gasteiger partial charge on any atom is 0.307 e. The summed E-state index contributed by atoms with van der Waals surface area (Å²) in [5, 5.41) is 9.00. The zero-order valence-corrected chi connectivity index (χ0v) is 10.6. The third-order valence-electron chi connectivity index (χ3n) is 4.19. The predicted octanol–water partition coefficient (Wildman–Crippen LogP) is 2.08. The molecule has 0 amide bonds. The van der Waals surface area contributed by atoms with Gasteiger partial charge in [0.1, 0.15) is 0 Å². The van der Waals surface area contributed by atoms with E-state index in [-0.39, 0.29) is 5.92 Å². The number of aliphatic carboxylic acids is 1. The van der Waals surface area contributed by atoms with E-state index in [4.69, 9.17) is 5.11 Å². The number of likely N-dealkylation sites (tertiary alicyclic amines) is 1. The van der Waals surface area contributed by atoms with E-state index in [1.807, 2.05) is 0 Å². The number of fused-ring (bicyclic) bond motifs is 1. The van der Waals surface area contributed by atoms with Crippen LogP contribution < -0.4 is 0 Å². The average Bonchev–Trinajstić information content (AvgIpc) is 2.96. The number of carbonyl (C=O) groups is 1. The van der Waals surface area contributed by atoms with Crippen LogP contribution in [0.4, 0.5) is 0 Å². The first-order valence-electron chi connectivity index (χ1n) is 6.78. The molecule has 3 nitrogen and oxygen atoms in total. The van der Waals surface area contributed by atoms with Gasteiger partial charge < -0.3 is 5.11 Å². The number of hydrogen-bond donors (Lipinski definition) is 1. The molecule has 1 saturated heterocycles. The molecule has 96 valence electrons. The van der Waals surface area contributed by atoms with Crippen LogP contribution in [-0.4, -0.2) is 29.1 Å². The molecule has 0 aromatic heterocycles. The van der Waals surface area contributed by atoms with E-state index < -0.39 is 5.97 Å². The lowest BCUT2D eigenvalue weighted by molar-refractivity contribution is -0.141. The first kappa shape index (κ1) is 11.7. The molecule has 1 aliphatic heterocycles. The zero-order chi connectivity index (χ0) is 12.5. The third-order valence-corrected chi connectivity index (χ3v) is 4.19. The normalized spacial score (nSPS) is 23.2. The van der Waals surface area contributed by atoms with Gasteiger partial charge in [0.15, 0.2) is 0 Å². The van der Waals surface area contributed by atoms with Crippen molar-refractivity contribution in [3.05, 3.63) is 34.9 Å². The van der Waals surface area contributed by atoms with Crippen molar-refractivity contribution in [3.63, 3.8) is 0 Å². The van der Waals surface area contributed by atoms with Crippen LogP contribution in [0.25, 0.3) is 0 Å². The summed E-state index contributed by atoms with van der Waals surface area (Å²) < 4.78 is 0. The molecule has 0 saturated carbocycles. The molecule has 0 spiro atoms. The van der Waals surface area contributed by atoms with Crippen LogP contribution in [0, 0.1) is 5.92 Å². The predicted molar refractivity (Wildman–Crippen MR) is 69.5 cm³/mol. The fraction of sp³-hybridized carbons (Fsp3) is 0.533. The molecular weight excluding hydrogens is 226 g/mol. The standard InChI is InChI=1S/C15H19NO2/c17-15(18)14-6-7-16(10-14)9-11-4-5-12-2-1-3-13(12)8-11/h4-5,8,14H,1-3,6-7,9-10H2,(H,17,18). The van der Waals surface area contributed by atoms with Crippen LogP contribution in [0.3, 0.4) is 0 Å². The van der Waals surface area contributed by atoms with Crippen molar-refractivity contribution in [2.45, 2.75) is 32.2 Å². The van der Waals surface area contributed by atoms with Gasteiger partial charge in [-0.3, -0.25) is 9.69 Å². The monoisotopic (exact) mass is 245 g/mol. The second-order valence-corrected chi connectivity index (χ2v) is 5.52. The van der Waals surface area contributed by atoms with Gasteiger partial charge in [-0.25, -0.2) is 0 Å². The minimum absolute atomic E-state index is 0.167. The van der Waals surface area contributed by atoms with E-state index in [2.05, 4.69) is 23.1 Å². The highest BCUT2D eigenvalue weighted by molar-refractivity contribution is 5.70. The van der Waals surface area contributed by atoms with Crippen LogP contribution in [0.15, 0.2) is 18.2 Å². The molecule has 3 rings (SSSR count). The van der Waals surface area contributed by atoms with E-state index in [1.54, 1.807) is 0 Å². The highest BCUT2D eigenvalue weighted by atomic mass is 16.4. The summed E-state index contributed by atoms with van der Waals surface area (Å²) in [6.45, 7) is 2.51. The van der Waals surface area contributed by atoms with E-state index in [9.17, 15) is 4.79 Å². The SMILES string of the molecule is O=C(O)C1CCN(Cc2ccc3c(c2)CCC3)C1. The summed E-state index contributed by atoms with van der Waals surface area (Å²) in [5.74, 6) is -0.814. The van der Waals surface area contributed by atoms with Gasteiger partial charge in [-0.05, 0) is 48.9 Å². The second-order valence-electron chi connectivity index (χ2n) is 5.52. The van der Waals surface area contributed by atoms with Crippen LogP contribution in [0.5, 0.6) is 0 Å². The maximum atomic E-state index is 10.9. The summed E-state index contributed by atoms with van der Waals surface area (Å²) >= 11 is 0. The zero-order valence-electron chi connectivity index (χ0n) is 10.6. The molecule has 1 N–H and O–H groups in total. The highest BCUT2D eigenvalue weighted by Crippen LogP contribution is 2.25. The number of rotatable bonds is 3. The lowest BCUT2D eigenvalue weighted by atomic mass is 10.1. The Balaban J connectivity index is 1.65. The molecule has 1 aromatic rings. The van der Waals surface area contributed by atoms with Gasteiger partial charge in [-0.2, -0.15) is 0 Å². The Labute approximate surface area is 107 Å². The number of aryl methyl sites for hydroxylation is 2. The molecular formula is C15H19NO2. The molecule has 0 bridgehead atoms. The van der Waals surface area contributed by atoms with Gasteiger partial charge in [0.05, 0.1) is 5.92 Å². The Morgan fingerprint density at radius 3 is 2.94 bits per heavy atom. The Bertz CT molecular complexity index is 470. The quantitative estimate of drug-likeness (QED) is 0.886. The lowest BCUT2D eigenvalue weighted by Gasteiger charge is -2.16. The molecule has 1 unspecified atom stereocenters. The third kappa shape index (κ3) is 2.27. The van der Waals surface area contributed by atoms with Gasteiger partial charge in [-0.15, -0.1) is 0 Å². The topological polar surface area (TPSA) is 40.5 Å². The molecule has 1 heterocycles. The molecule has 1 fully saturated rings. The van der Waals surface area contributed by atoms with Crippen LogP contribution in [0.2, 0.25) is 0 Å². The minimum atomic E-state index is -0.647. The molecule has 1 atom stereocenters. The maximum absolute atomic E-state index is 10.9. The molecule has 2 aliphatic rings. The Morgan fingerprint density at radius 1 is 1.33 bits per heavy atom. The van der Waals surface area contributed by atoms with Crippen LogP contribution in [-0.2, 0) is 24.2 Å². The fourth-order valence-electron chi connectivity index (χ4n) is 3.16. The largest absolute Gasteiger partial charge is 0.481 e. The number of hydrogen-bond acceptors (Lipinski definition) is 2. The molecule has 1 aliphatic carbocycles. The number of nitrogens with zero attached hydrogens (tertiary/aromatic N) is 1. The molecule has 0 radical (unpaired) electrons. The van der Waals surface area contributed by atoms with Gasteiger partial charge >= 0.3 is 5.97 Å². The van der Waals surface area contributed by atoms with Crippen LogP contribution >= 0.6 is 0 Å². The van der Waals surface area contributed by atoms with Crippen molar-refractivity contribution in [1.29, 1.82) is 0 Å². The highest BCUT2D eigenvalue weighted by Gasteiger charge is 2.27. The first-order valence-corrected chi connectivity index (χ1v) is 6.78. The number of carboxylic acids is 1. The molecule has 18 heavy (non-hydrogen) atoms. The van der Waals surface area contributed by atoms with Crippen molar-refractivity contribution in [2.24, 2.45) is 5.92 Å². The first-order chi connectivity index (χ1) is 8.72. The minimum Gasteiger partial charge on any atom is -0.481 e. The molecule has 1 aromatic carbocycles. The van der Waals surface area contributed by atoms with Crippen LogP contribution in [0.1, 0.15) is 29.5 Å². The Hall–Kier alpha value is -1.35. The summed E-state index contributed by atoms with van der Waals surface area (Å²) in [6, 6.07) is 6.77. The summed E-state index contributed by atoms with van der Waals surface area (Å²) in [6.07, 6.45) is 4.51. The summed E-state index contributed by atoms with van der Waals surface area (Å²) in [7, 11) is 0. The van der Waals surface area contributed by atoms with Crippen molar-refractivity contribution in [3.8, 4) is 0 Å². The lowest BCUT2D eigenvalue weighted by Crippen LogP contribution is -2.22. The van der Waals surface area contributed by atoms with Crippen molar-refractivity contribution in [1.82, 2.24) is 4.90 Å². The van der Waals surface area contributed by atoms with Crippen molar-refractivity contribution >= 4 is 5.97 Å². The Kier molecular flexibility index (Phi) is 3.08. The number of benzene rings is 1. The average molecular weight is 245 g/mol. The smallest absolute Gasteiger partial charge is 0.307 e. The van der Waals surface area contributed by atoms with Gasteiger partial charge in [-0.1, -0.05) is 18.2 Å². The van der Waals surface area contributed by atoms with Gasteiger partial charge in [0, 0.05) is 13.1 Å². The van der Waals surface area contributed by atoms with E-state index in [0.717, 1.165) is 19.5 Å². The van der Waals surface area contributed by atoms with Gasteiger partial charge in [0.2, 0.25) is 0 Å². The van der Waals surface area contributed by atoms with Crippen molar-refractivity contribution in [2.75, 3.05) is 13.1 Å². The van der Waals surface area contributed by atoms with Crippen molar-refractivity contribution < 1.29 is 9.90 Å². The fourth-order valence-corrected chi connectivity index (χ4v) is 3.16. The summed E-state index contributed by atoms with van der Waals surface area (Å²) in [5.41, 5.74) is 4.34. The number of carboxylic acid groups (broad SMARTS) is 1.